The second-order valence-corrected chi connectivity index (χ2v) is 4.65. The van der Waals surface area contributed by atoms with E-state index in [4.69, 9.17) is 4.42 Å². The van der Waals surface area contributed by atoms with Crippen molar-refractivity contribution in [1.82, 2.24) is 4.57 Å². The number of oxazole rings is 1. The van der Waals surface area contributed by atoms with Crippen LogP contribution in [0.15, 0.2) is 44.0 Å². The summed E-state index contributed by atoms with van der Waals surface area (Å²) in [6, 6.07) is 9.83. The van der Waals surface area contributed by atoms with Crippen LogP contribution in [0.5, 0.6) is 0 Å². The topological polar surface area (TPSA) is 35.1 Å². The third-order valence-corrected chi connectivity index (χ3v) is 3.21. The van der Waals surface area contributed by atoms with Crippen LogP contribution < -0.4 is 5.76 Å². The van der Waals surface area contributed by atoms with Gasteiger partial charge in [0.2, 0.25) is 0 Å². The molecule has 0 saturated carbocycles. The van der Waals surface area contributed by atoms with E-state index in [1.54, 1.807) is 7.05 Å². The van der Waals surface area contributed by atoms with Gasteiger partial charge in [-0.3, -0.25) is 4.57 Å². The molecule has 4 heteroatoms. The minimum atomic E-state index is -0.329. The van der Waals surface area contributed by atoms with E-state index in [-0.39, 0.29) is 5.76 Å². The Morgan fingerprint density at radius 3 is 2.81 bits per heavy atom. The average molecular weight is 278 g/mol. The van der Waals surface area contributed by atoms with Crippen LogP contribution in [0, 0.1) is 0 Å². The first-order valence-corrected chi connectivity index (χ1v) is 5.63. The highest BCUT2D eigenvalue weighted by Gasteiger charge is 2.07. The van der Waals surface area contributed by atoms with Gasteiger partial charge in [0.05, 0.1) is 5.52 Å². The minimum absolute atomic E-state index is 0.329. The maximum Gasteiger partial charge on any atom is 0.419 e. The zero-order valence-corrected chi connectivity index (χ0v) is 10.1. The van der Waals surface area contributed by atoms with Gasteiger partial charge >= 0.3 is 5.76 Å². The summed E-state index contributed by atoms with van der Waals surface area (Å²) in [4.78, 5) is 11.4. The summed E-state index contributed by atoms with van der Waals surface area (Å²) < 4.78 is 7.66. The smallest absolute Gasteiger partial charge is 0.408 e. The van der Waals surface area contributed by atoms with Gasteiger partial charge in [0, 0.05) is 11.5 Å². The number of nitrogens with zero attached hydrogens (tertiary/aromatic N) is 1. The van der Waals surface area contributed by atoms with Crippen molar-refractivity contribution in [3.8, 4) is 0 Å². The fourth-order valence-corrected chi connectivity index (χ4v) is 2.22. The maximum atomic E-state index is 11.4. The fraction of sp³-hybridized carbons (Fsp3) is 0.0833. The first-order chi connectivity index (χ1) is 7.65. The van der Waals surface area contributed by atoms with Crippen molar-refractivity contribution in [3.63, 3.8) is 0 Å². The van der Waals surface area contributed by atoms with E-state index in [1.165, 1.54) is 4.57 Å². The average Bonchev–Trinajstić information content (AvgIpc) is 2.52. The van der Waals surface area contributed by atoms with Gasteiger partial charge in [0.1, 0.15) is 0 Å². The number of rotatable bonds is 0. The summed E-state index contributed by atoms with van der Waals surface area (Å²) >= 11 is 3.43. The standard InChI is InChI=1S/C12H8BrNO2/c1-14-10-5-8-4-9(13)3-2-7(8)6-11(10)16-12(14)15/h2-6H,1H3. The predicted molar refractivity (Wildman–Crippen MR) is 66.7 cm³/mol. The second-order valence-electron chi connectivity index (χ2n) is 3.74. The molecule has 2 aromatic carbocycles. The Morgan fingerprint density at radius 2 is 2.00 bits per heavy atom. The SMILES string of the molecule is Cn1c(=O)oc2cc3ccc(Br)cc3cc21. The number of benzene rings is 2. The largest absolute Gasteiger partial charge is 0.419 e. The Bertz CT molecular complexity index is 755. The second kappa shape index (κ2) is 3.22. The lowest BCUT2D eigenvalue weighted by Gasteiger charge is -1.99. The van der Waals surface area contributed by atoms with Gasteiger partial charge < -0.3 is 4.42 Å². The molecule has 0 saturated heterocycles. The molecule has 1 heterocycles. The molecular formula is C12H8BrNO2. The lowest BCUT2D eigenvalue weighted by molar-refractivity contribution is 0.528. The zero-order valence-electron chi connectivity index (χ0n) is 8.53. The van der Waals surface area contributed by atoms with Gasteiger partial charge in [-0.05, 0) is 35.0 Å². The molecule has 0 aliphatic carbocycles. The highest BCUT2D eigenvalue weighted by Crippen LogP contribution is 2.24. The fourth-order valence-electron chi connectivity index (χ4n) is 1.84. The van der Waals surface area contributed by atoms with Crippen LogP contribution in [0.2, 0.25) is 0 Å². The van der Waals surface area contributed by atoms with Crippen LogP contribution in [0.25, 0.3) is 21.9 Å². The molecule has 0 atom stereocenters. The van der Waals surface area contributed by atoms with Gasteiger partial charge in [-0.25, -0.2) is 4.79 Å². The monoisotopic (exact) mass is 277 g/mol. The Balaban J connectivity index is 2.53. The molecule has 0 N–H and O–H groups in total. The third-order valence-electron chi connectivity index (χ3n) is 2.71. The molecule has 0 radical (unpaired) electrons. The van der Waals surface area contributed by atoms with Gasteiger partial charge in [-0.15, -0.1) is 0 Å². The molecule has 0 fully saturated rings. The van der Waals surface area contributed by atoms with Crippen LogP contribution >= 0.6 is 15.9 Å². The summed E-state index contributed by atoms with van der Waals surface area (Å²) in [7, 11) is 1.71. The van der Waals surface area contributed by atoms with Crippen LogP contribution in [0.3, 0.4) is 0 Å². The van der Waals surface area contributed by atoms with Crippen molar-refractivity contribution < 1.29 is 4.42 Å². The summed E-state index contributed by atoms with van der Waals surface area (Å²) in [6.45, 7) is 0. The van der Waals surface area contributed by atoms with Crippen LogP contribution in [-0.4, -0.2) is 4.57 Å². The summed E-state index contributed by atoms with van der Waals surface area (Å²) in [5.41, 5.74) is 1.44. The minimum Gasteiger partial charge on any atom is -0.408 e. The number of aryl methyl sites for hydroxylation is 1. The molecule has 0 aliphatic heterocycles. The predicted octanol–water partition coefficient (Wildman–Crippen LogP) is 3.05. The quantitative estimate of drug-likeness (QED) is 0.633. The van der Waals surface area contributed by atoms with Crippen LogP contribution in [-0.2, 0) is 7.05 Å². The van der Waals surface area contributed by atoms with E-state index >= 15 is 0 Å². The molecule has 0 amide bonds. The molecule has 80 valence electrons. The molecule has 0 unspecified atom stereocenters. The molecule has 0 bridgehead atoms. The highest BCUT2D eigenvalue weighted by molar-refractivity contribution is 9.10. The number of hydrogen-bond donors (Lipinski definition) is 0. The molecule has 3 rings (SSSR count). The van der Waals surface area contributed by atoms with Gasteiger partial charge in [0.15, 0.2) is 5.58 Å². The highest BCUT2D eigenvalue weighted by atomic mass is 79.9. The summed E-state index contributed by atoms with van der Waals surface area (Å²) in [5, 5.41) is 2.14. The first-order valence-electron chi connectivity index (χ1n) is 4.84. The molecule has 1 aromatic heterocycles. The van der Waals surface area contributed by atoms with Gasteiger partial charge in [-0.1, -0.05) is 22.0 Å². The number of fused-ring (bicyclic) bond motifs is 2. The van der Waals surface area contributed by atoms with Gasteiger partial charge in [0.25, 0.3) is 0 Å². The third kappa shape index (κ3) is 1.30. The first kappa shape index (κ1) is 9.66. The van der Waals surface area contributed by atoms with E-state index in [0.717, 1.165) is 20.8 Å². The summed E-state index contributed by atoms with van der Waals surface area (Å²) in [5.74, 6) is -0.329. The van der Waals surface area contributed by atoms with E-state index < -0.39 is 0 Å². The summed E-state index contributed by atoms with van der Waals surface area (Å²) in [6.07, 6.45) is 0. The van der Waals surface area contributed by atoms with Gasteiger partial charge in [-0.2, -0.15) is 0 Å². The van der Waals surface area contributed by atoms with Crippen molar-refractivity contribution in [2.75, 3.05) is 0 Å². The number of hydrogen-bond acceptors (Lipinski definition) is 2. The Labute approximate surface area is 99.4 Å². The van der Waals surface area contributed by atoms with E-state index in [2.05, 4.69) is 15.9 Å². The molecule has 0 aliphatic rings. The van der Waals surface area contributed by atoms with E-state index in [1.807, 2.05) is 30.3 Å². The Kier molecular flexibility index (Phi) is 1.94. The van der Waals surface area contributed by atoms with Crippen molar-refractivity contribution in [1.29, 1.82) is 0 Å². The lowest BCUT2D eigenvalue weighted by atomic mass is 10.1. The molecule has 0 spiro atoms. The van der Waals surface area contributed by atoms with Crippen molar-refractivity contribution in [2.45, 2.75) is 0 Å². The van der Waals surface area contributed by atoms with Crippen molar-refractivity contribution in [3.05, 3.63) is 45.4 Å². The molecule has 3 nitrogen and oxygen atoms in total. The van der Waals surface area contributed by atoms with E-state index in [0.29, 0.717) is 5.58 Å². The molecule has 16 heavy (non-hydrogen) atoms. The lowest BCUT2D eigenvalue weighted by Crippen LogP contribution is -2.08. The Hall–Kier alpha value is -1.55. The van der Waals surface area contributed by atoms with Crippen molar-refractivity contribution in [2.24, 2.45) is 7.05 Å². The van der Waals surface area contributed by atoms with E-state index in [9.17, 15) is 4.79 Å². The molecule has 3 aromatic rings. The van der Waals surface area contributed by atoms with Crippen LogP contribution in [0.1, 0.15) is 0 Å². The molecular weight excluding hydrogens is 270 g/mol. The number of aromatic nitrogens is 1. The normalized spacial score (nSPS) is 11.4. The van der Waals surface area contributed by atoms with Crippen molar-refractivity contribution >= 4 is 37.8 Å². The maximum absolute atomic E-state index is 11.4. The van der Waals surface area contributed by atoms with Crippen LogP contribution in [0.4, 0.5) is 0 Å². The number of halogens is 1. The Morgan fingerprint density at radius 1 is 1.19 bits per heavy atom. The zero-order chi connectivity index (χ0) is 11.3.